The van der Waals surface area contributed by atoms with Crippen molar-refractivity contribution in [3.63, 3.8) is 0 Å². The lowest BCUT2D eigenvalue weighted by atomic mass is 10.2. The smallest absolute Gasteiger partial charge is 0.323 e. The predicted octanol–water partition coefficient (Wildman–Crippen LogP) is 4.78. The molecule has 2 aromatic carbocycles. The first-order valence-corrected chi connectivity index (χ1v) is 8.36. The van der Waals surface area contributed by atoms with E-state index in [9.17, 15) is 4.79 Å². The van der Waals surface area contributed by atoms with Gasteiger partial charge in [-0.25, -0.2) is 14.8 Å². The van der Waals surface area contributed by atoms with E-state index in [1.54, 1.807) is 30.3 Å². The van der Waals surface area contributed by atoms with Crippen LogP contribution in [0.1, 0.15) is 18.2 Å². The van der Waals surface area contributed by atoms with Crippen LogP contribution in [-0.4, -0.2) is 16.0 Å². The van der Waals surface area contributed by atoms with Crippen LogP contribution in [0.4, 0.5) is 16.2 Å². The standard InChI is InChI=1S/C20H20N4O2/c1-3-15-12-19(22-13-21-15)26-18-10-8-17(9-11-18)24-20(25)23-16-6-4-14(2)5-7-16/h4-13H,3H2,1-2H3,(H2,23,24,25). The van der Waals surface area contributed by atoms with E-state index in [1.165, 1.54) is 6.33 Å². The Balaban J connectivity index is 1.58. The molecule has 26 heavy (non-hydrogen) atoms. The highest BCUT2D eigenvalue weighted by atomic mass is 16.5. The van der Waals surface area contributed by atoms with Crippen LogP contribution in [0.25, 0.3) is 0 Å². The first-order valence-electron chi connectivity index (χ1n) is 8.36. The van der Waals surface area contributed by atoms with Gasteiger partial charge in [0.1, 0.15) is 12.1 Å². The summed E-state index contributed by atoms with van der Waals surface area (Å²) in [5, 5.41) is 5.57. The largest absolute Gasteiger partial charge is 0.439 e. The van der Waals surface area contributed by atoms with Crippen molar-refractivity contribution < 1.29 is 9.53 Å². The highest BCUT2D eigenvalue weighted by Gasteiger charge is 2.04. The van der Waals surface area contributed by atoms with Crippen molar-refractivity contribution in [3.8, 4) is 11.6 Å². The van der Waals surface area contributed by atoms with Crippen LogP contribution in [0.15, 0.2) is 60.9 Å². The lowest BCUT2D eigenvalue weighted by molar-refractivity contribution is 0.262. The van der Waals surface area contributed by atoms with Crippen molar-refractivity contribution in [3.05, 3.63) is 72.2 Å². The summed E-state index contributed by atoms with van der Waals surface area (Å²) in [6.45, 7) is 4.02. The van der Waals surface area contributed by atoms with E-state index in [-0.39, 0.29) is 6.03 Å². The molecule has 2 amide bonds. The Kier molecular flexibility index (Phi) is 5.43. The molecular weight excluding hydrogens is 328 g/mol. The molecule has 0 unspecified atom stereocenters. The van der Waals surface area contributed by atoms with Gasteiger partial charge in [-0.1, -0.05) is 24.6 Å². The van der Waals surface area contributed by atoms with E-state index in [4.69, 9.17) is 4.74 Å². The van der Waals surface area contributed by atoms with Crippen molar-refractivity contribution in [2.45, 2.75) is 20.3 Å². The molecule has 3 aromatic rings. The van der Waals surface area contributed by atoms with Gasteiger partial charge in [0.15, 0.2) is 0 Å². The van der Waals surface area contributed by atoms with Crippen molar-refractivity contribution in [2.75, 3.05) is 10.6 Å². The van der Waals surface area contributed by atoms with Crippen molar-refractivity contribution in [1.29, 1.82) is 0 Å². The molecule has 0 bridgehead atoms. The zero-order valence-electron chi connectivity index (χ0n) is 14.7. The number of carbonyl (C=O) groups excluding carboxylic acids is 1. The molecule has 6 nitrogen and oxygen atoms in total. The van der Waals surface area contributed by atoms with E-state index in [1.807, 2.05) is 38.1 Å². The summed E-state index contributed by atoms with van der Waals surface area (Å²) in [4.78, 5) is 20.3. The summed E-state index contributed by atoms with van der Waals surface area (Å²) in [5.41, 5.74) is 3.46. The molecule has 0 atom stereocenters. The van der Waals surface area contributed by atoms with E-state index < -0.39 is 0 Å². The molecule has 0 radical (unpaired) electrons. The maximum absolute atomic E-state index is 12.0. The average molecular weight is 348 g/mol. The van der Waals surface area contributed by atoms with Crippen molar-refractivity contribution in [1.82, 2.24) is 9.97 Å². The number of aromatic nitrogens is 2. The molecule has 0 aliphatic carbocycles. The fourth-order valence-electron chi connectivity index (χ4n) is 2.28. The summed E-state index contributed by atoms with van der Waals surface area (Å²) in [6.07, 6.45) is 2.30. The monoisotopic (exact) mass is 348 g/mol. The van der Waals surface area contributed by atoms with Crippen LogP contribution >= 0.6 is 0 Å². The third-order valence-electron chi connectivity index (χ3n) is 3.70. The number of nitrogens with one attached hydrogen (secondary N) is 2. The first kappa shape index (κ1) is 17.4. The molecular formula is C20H20N4O2. The second kappa shape index (κ2) is 8.11. The number of anilines is 2. The number of aryl methyl sites for hydroxylation is 2. The van der Waals surface area contributed by atoms with E-state index in [2.05, 4.69) is 20.6 Å². The van der Waals surface area contributed by atoms with Gasteiger partial charge in [-0.3, -0.25) is 0 Å². The van der Waals surface area contributed by atoms with Gasteiger partial charge in [0, 0.05) is 23.1 Å². The normalized spacial score (nSPS) is 10.2. The Morgan fingerprint density at radius 1 is 0.962 bits per heavy atom. The quantitative estimate of drug-likeness (QED) is 0.695. The summed E-state index contributed by atoms with van der Waals surface area (Å²) in [7, 11) is 0. The number of hydrogen-bond acceptors (Lipinski definition) is 4. The molecule has 132 valence electrons. The van der Waals surface area contributed by atoms with Crippen LogP contribution in [0, 0.1) is 6.92 Å². The molecule has 1 heterocycles. The minimum Gasteiger partial charge on any atom is -0.439 e. The topological polar surface area (TPSA) is 76.1 Å². The molecule has 0 spiro atoms. The predicted molar refractivity (Wildman–Crippen MR) is 102 cm³/mol. The third kappa shape index (κ3) is 4.80. The van der Waals surface area contributed by atoms with Gasteiger partial charge in [-0.15, -0.1) is 0 Å². The fourth-order valence-corrected chi connectivity index (χ4v) is 2.28. The molecule has 1 aromatic heterocycles. The molecule has 3 rings (SSSR count). The zero-order chi connectivity index (χ0) is 18.4. The summed E-state index contributed by atoms with van der Waals surface area (Å²) in [5.74, 6) is 1.13. The second-order valence-corrected chi connectivity index (χ2v) is 5.77. The van der Waals surface area contributed by atoms with Crippen LogP contribution in [0.3, 0.4) is 0 Å². The molecule has 0 saturated carbocycles. The van der Waals surface area contributed by atoms with Crippen molar-refractivity contribution >= 4 is 17.4 Å². The Hall–Kier alpha value is -3.41. The minimum atomic E-state index is -0.300. The molecule has 6 heteroatoms. The molecule has 0 aliphatic rings. The Bertz CT molecular complexity index is 877. The lowest BCUT2D eigenvalue weighted by Gasteiger charge is -2.09. The SMILES string of the molecule is CCc1cc(Oc2ccc(NC(=O)Nc3ccc(C)cc3)cc2)ncn1. The third-order valence-corrected chi connectivity index (χ3v) is 3.70. The number of benzene rings is 2. The number of amides is 2. The molecule has 0 fully saturated rings. The summed E-state index contributed by atoms with van der Waals surface area (Å²) in [6, 6.07) is 16.2. The molecule has 0 saturated heterocycles. The maximum atomic E-state index is 12.0. The number of urea groups is 1. The average Bonchev–Trinajstić information content (AvgIpc) is 2.65. The van der Waals surface area contributed by atoms with Crippen LogP contribution in [0.5, 0.6) is 11.6 Å². The van der Waals surface area contributed by atoms with E-state index >= 15 is 0 Å². The second-order valence-electron chi connectivity index (χ2n) is 5.77. The zero-order valence-corrected chi connectivity index (χ0v) is 14.7. The van der Waals surface area contributed by atoms with Gasteiger partial charge in [-0.2, -0.15) is 0 Å². The highest BCUT2D eigenvalue weighted by Crippen LogP contribution is 2.22. The Morgan fingerprint density at radius 3 is 2.19 bits per heavy atom. The van der Waals surface area contributed by atoms with E-state index in [0.29, 0.717) is 17.3 Å². The number of ether oxygens (including phenoxy) is 1. The van der Waals surface area contributed by atoms with Crippen molar-refractivity contribution in [2.24, 2.45) is 0 Å². The molecule has 0 aliphatic heterocycles. The lowest BCUT2D eigenvalue weighted by Crippen LogP contribution is -2.19. The Morgan fingerprint density at radius 2 is 1.58 bits per heavy atom. The summed E-state index contributed by atoms with van der Waals surface area (Å²) < 4.78 is 5.71. The van der Waals surface area contributed by atoms with Crippen LogP contribution in [-0.2, 0) is 6.42 Å². The van der Waals surface area contributed by atoms with Gasteiger partial charge < -0.3 is 15.4 Å². The highest BCUT2D eigenvalue weighted by molar-refractivity contribution is 5.99. The van der Waals surface area contributed by atoms with Crippen LogP contribution in [0.2, 0.25) is 0 Å². The first-order chi connectivity index (χ1) is 12.6. The van der Waals surface area contributed by atoms with Gasteiger partial charge >= 0.3 is 6.03 Å². The minimum absolute atomic E-state index is 0.300. The number of rotatable bonds is 5. The van der Waals surface area contributed by atoms with Gasteiger partial charge in [0.25, 0.3) is 0 Å². The summed E-state index contributed by atoms with van der Waals surface area (Å²) >= 11 is 0. The van der Waals surface area contributed by atoms with Gasteiger partial charge in [0.2, 0.25) is 5.88 Å². The number of nitrogens with zero attached hydrogens (tertiary/aromatic N) is 2. The Labute approximate surface area is 152 Å². The van der Waals surface area contributed by atoms with Crippen LogP contribution < -0.4 is 15.4 Å². The number of hydrogen-bond donors (Lipinski definition) is 2. The van der Waals surface area contributed by atoms with Gasteiger partial charge in [-0.05, 0) is 49.7 Å². The number of carbonyl (C=O) groups is 1. The molecule has 2 N–H and O–H groups in total. The van der Waals surface area contributed by atoms with E-state index in [0.717, 1.165) is 23.4 Å². The van der Waals surface area contributed by atoms with Gasteiger partial charge in [0.05, 0.1) is 0 Å². The maximum Gasteiger partial charge on any atom is 0.323 e. The fraction of sp³-hybridized carbons (Fsp3) is 0.150.